The molecule has 0 radical (unpaired) electrons. The van der Waals surface area contributed by atoms with Crippen LogP contribution in [0.4, 0.5) is 0 Å². The van der Waals surface area contributed by atoms with E-state index in [1.54, 1.807) is 7.11 Å². The molecule has 0 unspecified atom stereocenters. The maximum Gasteiger partial charge on any atom is 0.255 e. The molecule has 1 aliphatic rings. The molecule has 0 aromatic heterocycles. The Bertz CT molecular complexity index is 496. The zero-order valence-electron chi connectivity index (χ0n) is 14.3. The van der Waals surface area contributed by atoms with Crippen molar-refractivity contribution in [2.45, 2.75) is 58.9 Å². The van der Waals surface area contributed by atoms with Gasteiger partial charge in [0.25, 0.3) is 5.91 Å². The van der Waals surface area contributed by atoms with E-state index in [9.17, 15) is 4.79 Å². The molecule has 2 rings (SSSR count). The van der Waals surface area contributed by atoms with Crippen LogP contribution in [0.5, 0.6) is 5.75 Å². The van der Waals surface area contributed by atoms with E-state index in [1.807, 2.05) is 24.3 Å². The van der Waals surface area contributed by atoms with Gasteiger partial charge in [-0.25, -0.2) is 0 Å². The summed E-state index contributed by atoms with van der Waals surface area (Å²) >= 11 is 0. The third-order valence-electron chi connectivity index (χ3n) is 4.43. The summed E-state index contributed by atoms with van der Waals surface area (Å²) in [5, 5.41) is 3.17. The van der Waals surface area contributed by atoms with Crippen LogP contribution < -0.4 is 10.1 Å². The number of benzene rings is 1. The SMILES string of the molecule is COc1ccccc1C(=O)N[C@H]1CC[C@H](CC(C)(C)C)CC1. The molecular weight excluding hydrogens is 274 g/mol. The highest BCUT2D eigenvalue weighted by Gasteiger charge is 2.26. The van der Waals surface area contributed by atoms with Gasteiger partial charge in [-0.3, -0.25) is 4.79 Å². The van der Waals surface area contributed by atoms with Crippen LogP contribution in [0, 0.1) is 11.3 Å². The van der Waals surface area contributed by atoms with Crippen LogP contribution >= 0.6 is 0 Å². The van der Waals surface area contributed by atoms with Gasteiger partial charge in [0.15, 0.2) is 0 Å². The van der Waals surface area contributed by atoms with E-state index in [2.05, 4.69) is 26.1 Å². The van der Waals surface area contributed by atoms with Crippen molar-refractivity contribution in [3.05, 3.63) is 29.8 Å². The number of carbonyl (C=O) groups excluding carboxylic acids is 1. The molecule has 0 spiro atoms. The Kier molecular flexibility index (Phi) is 5.49. The smallest absolute Gasteiger partial charge is 0.255 e. The summed E-state index contributed by atoms with van der Waals surface area (Å²) in [6.45, 7) is 6.92. The first-order valence-electron chi connectivity index (χ1n) is 8.33. The molecule has 0 heterocycles. The molecule has 1 aromatic rings. The molecule has 3 nitrogen and oxygen atoms in total. The van der Waals surface area contributed by atoms with Crippen LogP contribution in [0.15, 0.2) is 24.3 Å². The molecule has 1 fully saturated rings. The van der Waals surface area contributed by atoms with Gasteiger partial charge in [0.05, 0.1) is 12.7 Å². The second-order valence-corrected chi connectivity index (χ2v) is 7.66. The van der Waals surface area contributed by atoms with Crippen molar-refractivity contribution in [2.75, 3.05) is 7.11 Å². The van der Waals surface area contributed by atoms with Gasteiger partial charge in [0.1, 0.15) is 5.75 Å². The summed E-state index contributed by atoms with van der Waals surface area (Å²) in [7, 11) is 1.60. The van der Waals surface area contributed by atoms with Gasteiger partial charge in [-0.05, 0) is 55.6 Å². The van der Waals surface area contributed by atoms with E-state index in [-0.39, 0.29) is 5.91 Å². The number of ether oxygens (including phenoxy) is 1. The zero-order valence-corrected chi connectivity index (χ0v) is 14.3. The average molecular weight is 303 g/mol. The minimum Gasteiger partial charge on any atom is -0.496 e. The monoisotopic (exact) mass is 303 g/mol. The van der Waals surface area contributed by atoms with Crippen LogP contribution in [0.25, 0.3) is 0 Å². The predicted molar refractivity (Wildman–Crippen MR) is 90.3 cm³/mol. The van der Waals surface area contributed by atoms with E-state index < -0.39 is 0 Å². The van der Waals surface area contributed by atoms with E-state index >= 15 is 0 Å². The van der Waals surface area contributed by atoms with Gasteiger partial charge < -0.3 is 10.1 Å². The van der Waals surface area contributed by atoms with E-state index in [0.29, 0.717) is 22.8 Å². The summed E-state index contributed by atoms with van der Waals surface area (Å²) in [4.78, 5) is 12.4. The van der Waals surface area contributed by atoms with Gasteiger partial charge in [-0.15, -0.1) is 0 Å². The first-order chi connectivity index (χ1) is 10.4. The summed E-state index contributed by atoms with van der Waals surface area (Å²) in [5.74, 6) is 1.43. The highest BCUT2D eigenvalue weighted by Crippen LogP contribution is 2.34. The van der Waals surface area contributed by atoms with Gasteiger partial charge in [-0.2, -0.15) is 0 Å². The van der Waals surface area contributed by atoms with E-state index in [1.165, 1.54) is 19.3 Å². The second-order valence-electron chi connectivity index (χ2n) is 7.66. The normalized spacial score (nSPS) is 22.2. The lowest BCUT2D eigenvalue weighted by Gasteiger charge is -2.33. The number of carbonyl (C=O) groups is 1. The Balaban J connectivity index is 1.87. The van der Waals surface area contributed by atoms with Gasteiger partial charge in [0, 0.05) is 6.04 Å². The molecule has 0 saturated heterocycles. The number of amides is 1. The summed E-state index contributed by atoms with van der Waals surface area (Å²) in [6.07, 6.45) is 5.88. The molecule has 3 heteroatoms. The van der Waals surface area contributed by atoms with Gasteiger partial charge in [0.2, 0.25) is 0 Å². The number of hydrogen-bond donors (Lipinski definition) is 1. The Morgan fingerprint density at radius 2 is 1.82 bits per heavy atom. The summed E-state index contributed by atoms with van der Waals surface area (Å²) in [5.41, 5.74) is 1.03. The standard InChI is InChI=1S/C19H29NO2/c1-19(2,3)13-14-9-11-15(12-10-14)20-18(21)16-7-5-6-8-17(16)22-4/h5-8,14-15H,9-13H2,1-4H3,(H,20,21)/t14-,15-. The van der Waals surface area contributed by atoms with Gasteiger partial charge >= 0.3 is 0 Å². The molecule has 1 aliphatic carbocycles. The van der Waals surface area contributed by atoms with E-state index in [4.69, 9.17) is 4.74 Å². The van der Waals surface area contributed by atoms with Crippen LogP contribution in [0.2, 0.25) is 0 Å². The lowest BCUT2D eigenvalue weighted by atomic mass is 9.76. The first kappa shape index (κ1) is 16.9. The third-order valence-corrected chi connectivity index (χ3v) is 4.43. The van der Waals surface area contributed by atoms with Crippen LogP contribution in [-0.4, -0.2) is 19.1 Å². The fourth-order valence-corrected chi connectivity index (χ4v) is 3.47. The largest absolute Gasteiger partial charge is 0.496 e. The summed E-state index contributed by atoms with van der Waals surface area (Å²) in [6, 6.07) is 7.70. The molecule has 1 saturated carbocycles. The maximum absolute atomic E-state index is 12.4. The lowest BCUT2D eigenvalue weighted by Crippen LogP contribution is -2.38. The van der Waals surface area contributed by atoms with Crippen molar-refractivity contribution in [1.29, 1.82) is 0 Å². The van der Waals surface area contributed by atoms with Crippen LogP contribution in [0.1, 0.15) is 63.2 Å². The molecular formula is C19H29NO2. The average Bonchev–Trinajstić information content (AvgIpc) is 2.47. The van der Waals surface area contributed by atoms with Crippen molar-refractivity contribution in [2.24, 2.45) is 11.3 Å². The summed E-state index contributed by atoms with van der Waals surface area (Å²) < 4.78 is 5.27. The second kappa shape index (κ2) is 7.17. The number of methoxy groups -OCH3 is 1. The Morgan fingerprint density at radius 3 is 2.41 bits per heavy atom. The number of nitrogens with one attached hydrogen (secondary N) is 1. The maximum atomic E-state index is 12.4. The van der Waals surface area contributed by atoms with Crippen molar-refractivity contribution < 1.29 is 9.53 Å². The molecule has 0 bridgehead atoms. The zero-order chi connectivity index (χ0) is 16.2. The predicted octanol–water partition coefficient (Wildman–Crippen LogP) is 4.42. The highest BCUT2D eigenvalue weighted by atomic mass is 16.5. The quantitative estimate of drug-likeness (QED) is 0.894. The molecule has 122 valence electrons. The fourth-order valence-electron chi connectivity index (χ4n) is 3.47. The highest BCUT2D eigenvalue weighted by molar-refractivity contribution is 5.97. The molecule has 1 N–H and O–H groups in total. The molecule has 1 aromatic carbocycles. The Morgan fingerprint density at radius 1 is 1.18 bits per heavy atom. The molecule has 1 amide bonds. The minimum atomic E-state index is -0.0169. The number of para-hydroxylation sites is 1. The number of hydrogen-bond acceptors (Lipinski definition) is 2. The van der Waals surface area contributed by atoms with Crippen LogP contribution in [-0.2, 0) is 0 Å². The molecule has 22 heavy (non-hydrogen) atoms. The van der Waals surface area contributed by atoms with Crippen LogP contribution in [0.3, 0.4) is 0 Å². The number of rotatable bonds is 4. The topological polar surface area (TPSA) is 38.3 Å². The molecule has 0 aliphatic heterocycles. The first-order valence-corrected chi connectivity index (χ1v) is 8.33. The Labute approximate surface area is 134 Å². The van der Waals surface area contributed by atoms with Gasteiger partial charge in [-0.1, -0.05) is 32.9 Å². The lowest BCUT2D eigenvalue weighted by molar-refractivity contribution is 0.0914. The molecule has 0 atom stereocenters. The third kappa shape index (κ3) is 4.75. The van der Waals surface area contributed by atoms with Crippen molar-refractivity contribution >= 4 is 5.91 Å². The minimum absolute atomic E-state index is 0.0169. The van der Waals surface area contributed by atoms with Crippen molar-refractivity contribution in [3.8, 4) is 5.75 Å². The van der Waals surface area contributed by atoms with E-state index in [0.717, 1.165) is 18.8 Å². The Hall–Kier alpha value is -1.51. The van der Waals surface area contributed by atoms with Crippen molar-refractivity contribution in [1.82, 2.24) is 5.32 Å². The van der Waals surface area contributed by atoms with Crippen molar-refractivity contribution in [3.63, 3.8) is 0 Å². The fraction of sp³-hybridized carbons (Fsp3) is 0.632.